The Labute approximate surface area is 363 Å². The van der Waals surface area contributed by atoms with E-state index in [-0.39, 0.29) is 5.41 Å². The summed E-state index contributed by atoms with van der Waals surface area (Å²) in [6.07, 6.45) is 0. The maximum atomic E-state index is 2.49. The van der Waals surface area contributed by atoms with Gasteiger partial charge in [0.15, 0.2) is 0 Å². The van der Waals surface area contributed by atoms with Crippen LogP contribution in [0.5, 0.6) is 0 Å². The van der Waals surface area contributed by atoms with E-state index in [4.69, 9.17) is 0 Å². The minimum atomic E-state index is -0.484. The SMILES string of the molecule is CC1(C)c2ccc(N(c3ccccc3)c3ccccc3-c3cccc(C4(c5ccccc5)c5ccccc5-c5ccccc54)c3)cc2-c2c1n(-c1ccccc1)c1ccccc21. The Hall–Kier alpha value is -7.68. The van der Waals surface area contributed by atoms with Gasteiger partial charge < -0.3 is 9.47 Å². The number of benzene rings is 9. The third-order valence-electron chi connectivity index (χ3n) is 13.6. The standard InChI is InChI=1S/C60H44N2/c1-59(2)52-38-37-46(40-51(52)57-50-32-15-19-36-56(50)62(58(57)59)45-27-10-5-11-28-45)61(44-25-8-4-9-26-44)55-35-18-14-29-47(55)41-21-20-24-43(39-41)60(42-22-6-3-7-23-42)53-33-16-12-30-48(53)49-31-13-17-34-54(49)60/h3-40H,1-2H3. The summed E-state index contributed by atoms with van der Waals surface area (Å²) in [6, 6.07) is 85.1. The summed E-state index contributed by atoms with van der Waals surface area (Å²) in [4.78, 5) is 2.46. The highest BCUT2D eigenvalue weighted by molar-refractivity contribution is 6.04. The van der Waals surface area contributed by atoms with Gasteiger partial charge in [-0.3, -0.25) is 0 Å². The van der Waals surface area contributed by atoms with Gasteiger partial charge in [0, 0.05) is 44.7 Å². The second kappa shape index (κ2) is 13.9. The molecule has 1 heterocycles. The van der Waals surface area contributed by atoms with E-state index in [2.05, 4.69) is 254 Å². The number of rotatable bonds is 7. The van der Waals surface area contributed by atoms with Crippen molar-refractivity contribution in [2.24, 2.45) is 0 Å². The van der Waals surface area contributed by atoms with Crippen LogP contribution >= 0.6 is 0 Å². The summed E-state index contributed by atoms with van der Waals surface area (Å²) in [7, 11) is 0. The van der Waals surface area contributed by atoms with Crippen molar-refractivity contribution in [3.8, 4) is 39.1 Å². The first kappa shape index (κ1) is 36.2. The molecule has 1 aromatic heterocycles. The quantitative estimate of drug-likeness (QED) is 0.156. The van der Waals surface area contributed by atoms with Crippen LogP contribution in [0.2, 0.25) is 0 Å². The zero-order valence-corrected chi connectivity index (χ0v) is 34.8. The lowest BCUT2D eigenvalue weighted by Crippen LogP contribution is -2.28. The predicted molar refractivity (Wildman–Crippen MR) is 258 cm³/mol. The first-order valence-electron chi connectivity index (χ1n) is 21.7. The highest BCUT2D eigenvalue weighted by Gasteiger charge is 2.46. The van der Waals surface area contributed by atoms with Crippen LogP contribution < -0.4 is 4.90 Å². The lowest BCUT2D eigenvalue weighted by molar-refractivity contribution is 0.624. The van der Waals surface area contributed by atoms with Crippen molar-refractivity contribution in [2.75, 3.05) is 4.90 Å². The number of hydrogen-bond acceptors (Lipinski definition) is 1. The first-order valence-corrected chi connectivity index (χ1v) is 21.7. The lowest BCUT2D eigenvalue weighted by atomic mass is 9.67. The molecule has 0 spiro atoms. The number of hydrogen-bond donors (Lipinski definition) is 0. The van der Waals surface area contributed by atoms with Crippen LogP contribution in [-0.4, -0.2) is 4.57 Å². The summed E-state index contributed by atoms with van der Waals surface area (Å²) in [6.45, 7) is 4.77. The van der Waals surface area contributed by atoms with Crippen LogP contribution in [0.15, 0.2) is 231 Å². The third kappa shape index (κ3) is 5.17. The topological polar surface area (TPSA) is 8.17 Å². The van der Waals surface area contributed by atoms with E-state index in [0.717, 1.165) is 17.1 Å². The molecule has 0 atom stereocenters. The minimum absolute atomic E-state index is 0.222. The zero-order valence-electron chi connectivity index (χ0n) is 34.8. The van der Waals surface area contributed by atoms with Crippen LogP contribution in [0.3, 0.4) is 0 Å². The van der Waals surface area contributed by atoms with E-state index < -0.39 is 5.41 Å². The van der Waals surface area contributed by atoms with Gasteiger partial charge in [-0.15, -0.1) is 0 Å². The molecule has 62 heavy (non-hydrogen) atoms. The Morgan fingerprint density at radius 2 is 0.984 bits per heavy atom. The molecule has 12 rings (SSSR count). The van der Waals surface area contributed by atoms with Crippen LogP contribution in [0.4, 0.5) is 17.1 Å². The van der Waals surface area contributed by atoms with Crippen molar-refractivity contribution in [2.45, 2.75) is 24.7 Å². The normalized spacial score (nSPS) is 13.9. The highest BCUT2D eigenvalue weighted by atomic mass is 15.1. The second-order valence-corrected chi connectivity index (χ2v) is 17.2. The molecule has 0 aliphatic heterocycles. The van der Waals surface area contributed by atoms with Gasteiger partial charge in [0.05, 0.1) is 16.6 Å². The number of nitrogens with zero attached hydrogens (tertiary/aromatic N) is 2. The molecule has 0 N–H and O–H groups in total. The van der Waals surface area contributed by atoms with E-state index in [1.165, 1.54) is 83.5 Å². The van der Waals surface area contributed by atoms with Crippen molar-refractivity contribution >= 4 is 28.0 Å². The van der Waals surface area contributed by atoms with Crippen LogP contribution in [0.25, 0.3) is 50.0 Å². The third-order valence-corrected chi connectivity index (χ3v) is 13.6. The van der Waals surface area contributed by atoms with Gasteiger partial charge in [0.1, 0.15) is 0 Å². The van der Waals surface area contributed by atoms with Gasteiger partial charge in [-0.05, 0) is 105 Å². The molecule has 0 unspecified atom stereocenters. The maximum Gasteiger partial charge on any atom is 0.0713 e. The second-order valence-electron chi connectivity index (χ2n) is 17.2. The molecule has 0 saturated carbocycles. The zero-order chi connectivity index (χ0) is 41.4. The summed E-state index contributed by atoms with van der Waals surface area (Å²) in [5.41, 5.74) is 20.5. The molecule has 10 aromatic rings. The summed E-state index contributed by atoms with van der Waals surface area (Å²) >= 11 is 0. The maximum absolute atomic E-state index is 2.49. The van der Waals surface area contributed by atoms with Crippen LogP contribution in [0.1, 0.15) is 47.4 Å². The average Bonchev–Trinajstić information content (AvgIpc) is 3.93. The van der Waals surface area contributed by atoms with E-state index in [0.29, 0.717) is 0 Å². The molecular formula is C60H44N2. The molecule has 294 valence electrons. The molecule has 2 nitrogen and oxygen atoms in total. The van der Waals surface area contributed by atoms with Crippen molar-refractivity contribution in [1.82, 2.24) is 4.57 Å². The summed E-state index contributed by atoms with van der Waals surface area (Å²) in [5.74, 6) is 0. The fourth-order valence-corrected chi connectivity index (χ4v) is 11.0. The number of para-hydroxylation sites is 4. The van der Waals surface area contributed by atoms with Crippen molar-refractivity contribution < 1.29 is 0 Å². The predicted octanol–water partition coefficient (Wildman–Crippen LogP) is 15.4. The lowest BCUT2D eigenvalue weighted by Gasteiger charge is -2.34. The van der Waals surface area contributed by atoms with Gasteiger partial charge in [-0.1, -0.05) is 190 Å². The van der Waals surface area contributed by atoms with Gasteiger partial charge in [-0.25, -0.2) is 0 Å². The van der Waals surface area contributed by atoms with Crippen LogP contribution in [0, 0.1) is 0 Å². The van der Waals surface area contributed by atoms with Gasteiger partial charge in [-0.2, -0.15) is 0 Å². The average molecular weight is 793 g/mol. The van der Waals surface area contributed by atoms with Gasteiger partial charge in [0.25, 0.3) is 0 Å². The summed E-state index contributed by atoms with van der Waals surface area (Å²) < 4.78 is 2.49. The monoisotopic (exact) mass is 792 g/mol. The summed E-state index contributed by atoms with van der Waals surface area (Å²) in [5, 5.41) is 1.28. The molecular weight excluding hydrogens is 749 g/mol. The molecule has 2 heteroatoms. The Morgan fingerprint density at radius 3 is 1.71 bits per heavy atom. The smallest absolute Gasteiger partial charge is 0.0713 e. The van der Waals surface area contributed by atoms with Gasteiger partial charge >= 0.3 is 0 Å². The van der Waals surface area contributed by atoms with Crippen molar-refractivity contribution in [1.29, 1.82) is 0 Å². The largest absolute Gasteiger partial charge is 0.312 e. The first-order chi connectivity index (χ1) is 30.5. The van der Waals surface area contributed by atoms with Crippen LogP contribution in [-0.2, 0) is 10.8 Å². The highest BCUT2D eigenvalue weighted by Crippen LogP contribution is 2.58. The Kier molecular flexibility index (Phi) is 8.14. The van der Waals surface area contributed by atoms with Crippen molar-refractivity contribution in [3.63, 3.8) is 0 Å². The number of anilines is 3. The number of aromatic nitrogens is 1. The Bertz CT molecular complexity index is 3280. The number of fused-ring (bicyclic) bond motifs is 8. The molecule has 9 aromatic carbocycles. The molecule has 0 amide bonds. The van der Waals surface area contributed by atoms with E-state index in [1.54, 1.807) is 0 Å². The molecule has 0 bridgehead atoms. The molecule has 2 aliphatic carbocycles. The molecule has 0 fully saturated rings. The molecule has 0 radical (unpaired) electrons. The molecule has 0 saturated heterocycles. The molecule has 2 aliphatic rings. The minimum Gasteiger partial charge on any atom is -0.312 e. The van der Waals surface area contributed by atoms with E-state index in [9.17, 15) is 0 Å². The van der Waals surface area contributed by atoms with E-state index in [1.807, 2.05) is 0 Å². The van der Waals surface area contributed by atoms with Crippen molar-refractivity contribution in [3.05, 3.63) is 264 Å². The fourth-order valence-electron chi connectivity index (χ4n) is 11.0. The van der Waals surface area contributed by atoms with E-state index >= 15 is 0 Å². The fraction of sp³-hybridized carbons (Fsp3) is 0.0667. The van der Waals surface area contributed by atoms with Gasteiger partial charge in [0.2, 0.25) is 0 Å². The Balaban J connectivity index is 1.06. The Morgan fingerprint density at radius 1 is 0.403 bits per heavy atom.